The number of rotatable bonds is 9. The molecule has 0 aliphatic rings. The van der Waals surface area contributed by atoms with Gasteiger partial charge in [0.15, 0.2) is 5.82 Å². The lowest BCUT2D eigenvalue weighted by molar-refractivity contribution is -0.121. The quantitative estimate of drug-likeness (QED) is 0.665. The van der Waals surface area contributed by atoms with Gasteiger partial charge in [0.1, 0.15) is 5.82 Å². The SMILES string of the molecule is CCCc1noc(CCC(=O)NCCNC(=O)c2ccc(C)c(F)c2)n1. The van der Waals surface area contributed by atoms with Crippen LogP contribution in [0.25, 0.3) is 0 Å². The molecule has 0 aliphatic heterocycles. The van der Waals surface area contributed by atoms with E-state index in [9.17, 15) is 14.0 Å². The molecule has 2 N–H and O–H groups in total. The first kappa shape index (κ1) is 19.6. The number of nitrogens with one attached hydrogen (secondary N) is 2. The van der Waals surface area contributed by atoms with Crippen LogP contribution in [0.1, 0.15) is 47.4 Å². The molecule has 0 atom stereocenters. The molecule has 2 amide bonds. The maximum absolute atomic E-state index is 13.4. The van der Waals surface area contributed by atoms with Gasteiger partial charge in [-0.2, -0.15) is 4.98 Å². The number of aromatic nitrogens is 2. The number of carbonyl (C=O) groups excluding carboxylic acids is 2. The summed E-state index contributed by atoms with van der Waals surface area (Å²) in [4.78, 5) is 27.9. The molecule has 0 aliphatic carbocycles. The Morgan fingerprint density at radius 2 is 1.96 bits per heavy atom. The molecule has 0 radical (unpaired) electrons. The first-order valence-electron chi connectivity index (χ1n) is 8.62. The van der Waals surface area contributed by atoms with Crippen LogP contribution >= 0.6 is 0 Å². The van der Waals surface area contributed by atoms with Gasteiger partial charge >= 0.3 is 0 Å². The van der Waals surface area contributed by atoms with Crippen molar-refractivity contribution in [3.05, 3.63) is 46.9 Å². The van der Waals surface area contributed by atoms with Crippen molar-refractivity contribution in [2.24, 2.45) is 0 Å². The zero-order valence-corrected chi connectivity index (χ0v) is 15.0. The lowest BCUT2D eigenvalue weighted by atomic mass is 10.1. The standard InChI is InChI=1S/C18H23FN4O3/c1-3-4-15-22-17(26-23-15)8-7-16(24)20-9-10-21-18(25)13-6-5-12(2)14(19)11-13/h5-6,11H,3-4,7-10H2,1-2H3,(H,20,24)(H,21,25). The minimum Gasteiger partial charge on any atom is -0.354 e. The molecule has 0 spiro atoms. The number of halogens is 1. The van der Waals surface area contributed by atoms with Crippen LogP contribution in [0.3, 0.4) is 0 Å². The first-order valence-corrected chi connectivity index (χ1v) is 8.62. The van der Waals surface area contributed by atoms with Crippen molar-refractivity contribution in [2.75, 3.05) is 13.1 Å². The summed E-state index contributed by atoms with van der Waals surface area (Å²) in [6.45, 7) is 4.19. The summed E-state index contributed by atoms with van der Waals surface area (Å²) in [6.07, 6.45) is 2.28. The fourth-order valence-corrected chi connectivity index (χ4v) is 2.24. The normalized spacial score (nSPS) is 10.6. The summed E-state index contributed by atoms with van der Waals surface area (Å²) in [5, 5.41) is 9.15. The average molecular weight is 362 g/mol. The van der Waals surface area contributed by atoms with Gasteiger partial charge in [0, 0.05) is 37.9 Å². The minimum absolute atomic E-state index is 0.170. The van der Waals surface area contributed by atoms with Gasteiger partial charge in [0.05, 0.1) is 0 Å². The van der Waals surface area contributed by atoms with Crippen LogP contribution < -0.4 is 10.6 Å². The molecule has 1 aromatic carbocycles. The van der Waals surface area contributed by atoms with Crippen LogP contribution in [0.5, 0.6) is 0 Å². The van der Waals surface area contributed by atoms with E-state index in [1.165, 1.54) is 6.07 Å². The molecule has 26 heavy (non-hydrogen) atoms. The lowest BCUT2D eigenvalue weighted by Gasteiger charge is -2.07. The molecular weight excluding hydrogens is 339 g/mol. The van der Waals surface area contributed by atoms with E-state index in [-0.39, 0.29) is 36.9 Å². The van der Waals surface area contributed by atoms with Crippen molar-refractivity contribution in [2.45, 2.75) is 39.5 Å². The Hall–Kier alpha value is -2.77. The van der Waals surface area contributed by atoms with Gasteiger partial charge in [-0.3, -0.25) is 9.59 Å². The number of benzene rings is 1. The molecule has 0 saturated heterocycles. The molecule has 2 aromatic rings. The number of aryl methyl sites for hydroxylation is 3. The van der Waals surface area contributed by atoms with Crippen LogP contribution in [-0.2, 0) is 17.6 Å². The molecule has 1 aromatic heterocycles. The smallest absolute Gasteiger partial charge is 0.251 e. The van der Waals surface area contributed by atoms with Crippen molar-refractivity contribution in [3.8, 4) is 0 Å². The first-order chi connectivity index (χ1) is 12.5. The van der Waals surface area contributed by atoms with E-state index in [1.54, 1.807) is 19.1 Å². The van der Waals surface area contributed by atoms with Crippen molar-refractivity contribution in [3.63, 3.8) is 0 Å². The third-order valence-electron chi connectivity index (χ3n) is 3.72. The fraction of sp³-hybridized carbons (Fsp3) is 0.444. The molecule has 140 valence electrons. The van der Waals surface area contributed by atoms with Gasteiger partial charge in [-0.1, -0.05) is 18.1 Å². The lowest BCUT2D eigenvalue weighted by Crippen LogP contribution is -2.34. The van der Waals surface area contributed by atoms with Gasteiger partial charge in [-0.05, 0) is 31.0 Å². The van der Waals surface area contributed by atoms with E-state index >= 15 is 0 Å². The van der Waals surface area contributed by atoms with Crippen molar-refractivity contribution < 1.29 is 18.5 Å². The number of carbonyl (C=O) groups is 2. The van der Waals surface area contributed by atoms with E-state index in [0.717, 1.165) is 12.8 Å². The second-order valence-corrected chi connectivity index (χ2v) is 5.92. The summed E-state index contributed by atoms with van der Waals surface area (Å²) in [5.41, 5.74) is 0.732. The highest BCUT2D eigenvalue weighted by Gasteiger charge is 2.10. The van der Waals surface area contributed by atoms with Crippen molar-refractivity contribution in [1.29, 1.82) is 0 Å². The minimum atomic E-state index is -0.422. The number of amides is 2. The molecule has 0 unspecified atom stereocenters. The van der Waals surface area contributed by atoms with E-state index in [2.05, 4.69) is 20.8 Å². The molecular formula is C18H23FN4O3. The van der Waals surface area contributed by atoms with Gasteiger partial charge in [0.2, 0.25) is 11.8 Å². The Kier molecular flexibility index (Phi) is 7.25. The molecule has 2 rings (SSSR count). The Bertz CT molecular complexity index is 761. The maximum Gasteiger partial charge on any atom is 0.251 e. The van der Waals surface area contributed by atoms with Crippen LogP contribution in [-0.4, -0.2) is 35.0 Å². The summed E-state index contributed by atoms with van der Waals surface area (Å²) in [7, 11) is 0. The van der Waals surface area contributed by atoms with E-state index in [1.807, 2.05) is 6.92 Å². The van der Waals surface area contributed by atoms with Crippen molar-refractivity contribution in [1.82, 2.24) is 20.8 Å². The van der Waals surface area contributed by atoms with Crippen molar-refractivity contribution >= 4 is 11.8 Å². The third-order valence-corrected chi connectivity index (χ3v) is 3.72. The molecule has 1 heterocycles. The summed E-state index contributed by atoms with van der Waals surface area (Å²) >= 11 is 0. The molecule has 0 saturated carbocycles. The molecule has 8 heteroatoms. The summed E-state index contributed by atoms with van der Waals surface area (Å²) < 4.78 is 18.5. The Balaban J connectivity index is 1.64. The van der Waals surface area contributed by atoms with E-state index in [0.29, 0.717) is 23.7 Å². The Morgan fingerprint density at radius 3 is 2.69 bits per heavy atom. The Morgan fingerprint density at radius 1 is 1.19 bits per heavy atom. The topological polar surface area (TPSA) is 97.1 Å². The molecule has 0 bridgehead atoms. The number of nitrogens with zero attached hydrogens (tertiary/aromatic N) is 2. The number of hydrogen-bond donors (Lipinski definition) is 2. The van der Waals surface area contributed by atoms with Gasteiger partial charge in [-0.15, -0.1) is 0 Å². The fourth-order valence-electron chi connectivity index (χ4n) is 2.24. The predicted molar refractivity (Wildman–Crippen MR) is 93.1 cm³/mol. The van der Waals surface area contributed by atoms with E-state index in [4.69, 9.17) is 4.52 Å². The van der Waals surface area contributed by atoms with Gasteiger partial charge in [0.25, 0.3) is 5.91 Å². The van der Waals surface area contributed by atoms with Crippen LogP contribution in [0.2, 0.25) is 0 Å². The van der Waals surface area contributed by atoms with E-state index < -0.39 is 5.82 Å². The maximum atomic E-state index is 13.4. The predicted octanol–water partition coefficient (Wildman–Crippen LogP) is 1.95. The zero-order valence-electron chi connectivity index (χ0n) is 15.0. The average Bonchev–Trinajstić information content (AvgIpc) is 3.07. The zero-order chi connectivity index (χ0) is 18.9. The monoisotopic (exact) mass is 362 g/mol. The van der Waals surface area contributed by atoms with Gasteiger partial charge in [-0.25, -0.2) is 4.39 Å². The Labute approximate surface area is 151 Å². The third kappa shape index (κ3) is 5.94. The number of hydrogen-bond acceptors (Lipinski definition) is 5. The summed E-state index contributed by atoms with van der Waals surface area (Å²) in [5.74, 6) is 0.119. The second-order valence-electron chi connectivity index (χ2n) is 5.92. The second kappa shape index (κ2) is 9.65. The van der Waals surface area contributed by atoms with Crippen LogP contribution in [0.15, 0.2) is 22.7 Å². The van der Waals surface area contributed by atoms with Crippen LogP contribution in [0, 0.1) is 12.7 Å². The highest BCUT2D eigenvalue weighted by Crippen LogP contribution is 2.08. The van der Waals surface area contributed by atoms with Crippen LogP contribution in [0.4, 0.5) is 4.39 Å². The molecule has 0 fully saturated rings. The largest absolute Gasteiger partial charge is 0.354 e. The van der Waals surface area contributed by atoms with Gasteiger partial charge < -0.3 is 15.2 Å². The molecule has 7 nitrogen and oxygen atoms in total. The highest BCUT2D eigenvalue weighted by atomic mass is 19.1. The highest BCUT2D eigenvalue weighted by molar-refractivity contribution is 5.94. The summed E-state index contributed by atoms with van der Waals surface area (Å²) in [6, 6.07) is 4.30.